The van der Waals surface area contributed by atoms with Crippen LogP contribution in [-0.4, -0.2) is 9.97 Å². The Morgan fingerprint density at radius 1 is 0.722 bits per heavy atom. The first-order valence-electron chi connectivity index (χ1n) is 4.95. The van der Waals surface area contributed by atoms with Crippen LogP contribution in [0.25, 0.3) is 11.4 Å². The summed E-state index contributed by atoms with van der Waals surface area (Å²) in [6, 6.07) is 7.97. The summed E-state index contributed by atoms with van der Waals surface area (Å²) in [4.78, 5) is 8.69. The van der Waals surface area contributed by atoms with E-state index in [9.17, 15) is 0 Å². The molecule has 0 aliphatic heterocycles. The van der Waals surface area contributed by atoms with Crippen molar-refractivity contribution in [1.29, 1.82) is 0 Å². The van der Waals surface area contributed by atoms with Gasteiger partial charge in [-0.05, 0) is 23.3 Å². The molecule has 0 aliphatic rings. The molecule has 0 bridgehead atoms. The van der Waals surface area contributed by atoms with Crippen molar-refractivity contribution in [3.63, 3.8) is 0 Å². The van der Waals surface area contributed by atoms with Crippen LogP contribution in [0.4, 0.5) is 0 Å². The molecule has 0 N–H and O–H groups in total. The molecule has 2 aromatic heterocycles. The molecule has 0 radical (unpaired) electrons. The first-order valence-corrected chi connectivity index (χ1v) is 6.22. The minimum Gasteiger partial charge on any atom is -0.254 e. The Labute approximate surface area is 139 Å². The molecule has 18 heavy (non-hydrogen) atoms. The summed E-state index contributed by atoms with van der Waals surface area (Å²) in [7, 11) is 0. The number of hydrogen-bond acceptors (Lipinski definition) is 4. The summed E-state index contributed by atoms with van der Waals surface area (Å²) in [5.74, 6) is 1.42. The van der Waals surface area contributed by atoms with Crippen molar-refractivity contribution in [1.82, 2.24) is 9.97 Å². The van der Waals surface area contributed by atoms with Crippen LogP contribution in [0.2, 0.25) is 0 Å². The van der Waals surface area contributed by atoms with Gasteiger partial charge in [0.1, 0.15) is 0 Å². The van der Waals surface area contributed by atoms with Gasteiger partial charge >= 0.3 is 0 Å². The molecule has 0 aromatic carbocycles. The quantitative estimate of drug-likeness (QED) is 0.744. The van der Waals surface area contributed by atoms with E-state index >= 15 is 0 Å². The van der Waals surface area contributed by atoms with Gasteiger partial charge in [-0.3, -0.25) is 9.97 Å². The summed E-state index contributed by atoms with van der Waals surface area (Å²) in [6.45, 7) is 0. The van der Waals surface area contributed by atoms with Crippen LogP contribution in [-0.2, 0) is 11.5 Å². The number of thiol groups is 2. The van der Waals surface area contributed by atoms with E-state index in [4.69, 9.17) is 0 Å². The second kappa shape index (κ2) is 8.96. The molecular formula is C12H14Br2N2S2. The van der Waals surface area contributed by atoms with Crippen LogP contribution in [0.1, 0.15) is 11.1 Å². The lowest BCUT2D eigenvalue weighted by Crippen LogP contribution is -1.89. The second-order valence-electron chi connectivity index (χ2n) is 3.42. The summed E-state index contributed by atoms with van der Waals surface area (Å²) in [5.41, 5.74) is 3.99. The number of aromatic nitrogens is 2. The highest BCUT2D eigenvalue weighted by atomic mass is 79.9. The zero-order chi connectivity index (χ0) is 11.4. The van der Waals surface area contributed by atoms with Crippen molar-refractivity contribution in [3.05, 3.63) is 47.8 Å². The Morgan fingerprint density at radius 2 is 1.11 bits per heavy atom. The van der Waals surface area contributed by atoms with Gasteiger partial charge in [-0.1, -0.05) is 12.1 Å². The number of nitrogens with zero attached hydrogens (tertiary/aromatic N) is 2. The van der Waals surface area contributed by atoms with Gasteiger partial charge in [-0.2, -0.15) is 25.3 Å². The lowest BCUT2D eigenvalue weighted by Gasteiger charge is -2.02. The molecule has 0 aliphatic carbocycles. The number of halogens is 2. The summed E-state index contributed by atoms with van der Waals surface area (Å²) in [6.07, 6.45) is 3.66. The fraction of sp³-hybridized carbons (Fsp3) is 0.167. The summed E-state index contributed by atoms with van der Waals surface area (Å²) in [5, 5.41) is 0. The normalized spacial score (nSPS) is 9.22. The average Bonchev–Trinajstić information content (AvgIpc) is 2.39. The van der Waals surface area contributed by atoms with E-state index in [1.165, 1.54) is 0 Å². The first-order chi connectivity index (χ1) is 7.83. The highest BCUT2D eigenvalue weighted by molar-refractivity contribution is 8.93. The van der Waals surface area contributed by atoms with Crippen LogP contribution in [0, 0.1) is 0 Å². The van der Waals surface area contributed by atoms with Crippen LogP contribution in [0.5, 0.6) is 0 Å². The largest absolute Gasteiger partial charge is 0.254 e. The first kappa shape index (κ1) is 18.0. The number of pyridine rings is 2. The molecule has 2 aromatic rings. The van der Waals surface area contributed by atoms with E-state index in [0.29, 0.717) is 11.5 Å². The van der Waals surface area contributed by atoms with E-state index in [-0.39, 0.29) is 34.0 Å². The van der Waals surface area contributed by atoms with Gasteiger partial charge in [0.25, 0.3) is 0 Å². The van der Waals surface area contributed by atoms with Gasteiger partial charge in [0.2, 0.25) is 0 Å². The van der Waals surface area contributed by atoms with Crippen molar-refractivity contribution >= 4 is 59.2 Å². The van der Waals surface area contributed by atoms with Gasteiger partial charge in [0.05, 0.1) is 11.4 Å². The van der Waals surface area contributed by atoms with E-state index in [1.807, 2.05) is 36.7 Å². The maximum Gasteiger partial charge on any atom is 0.0886 e. The van der Waals surface area contributed by atoms with Crippen molar-refractivity contribution in [2.75, 3.05) is 0 Å². The lowest BCUT2D eigenvalue weighted by molar-refractivity contribution is 1.20. The summed E-state index contributed by atoms with van der Waals surface area (Å²) >= 11 is 8.39. The maximum absolute atomic E-state index is 4.34. The monoisotopic (exact) mass is 408 g/mol. The van der Waals surface area contributed by atoms with Crippen LogP contribution in [0.3, 0.4) is 0 Å². The van der Waals surface area contributed by atoms with Gasteiger partial charge in [0, 0.05) is 23.9 Å². The number of hydrogen-bond donors (Lipinski definition) is 2. The Bertz CT molecular complexity index is 415. The summed E-state index contributed by atoms with van der Waals surface area (Å²) < 4.78 is 0. The molecule has 0 unspecified atom stereocenters. The van der Waals surface area contributed by atoms with Crippen LogP contribution in [0.15, 0.2) is 36.7 Å². The molecule has 98 valence electrons. The Balaban J connectivity index is 0.00000144. The van der Waals surface area contributed by atoms with Gasteiger partial charge in [-0.15, -0.1) is 34.0 Å². The average molecular weight is 410 g/mol. The molecule has 2 heterocycles. The minimum absolute atomic E-state index is 0. The van der Waals surface area contributed by atoms with Crippen molar-refractivity contribution in [3.8, 4) is 11.4 Å². The molecule has 6 heteroatoms. The SMILES string of the molecule is Br.Br.SCc1ccc(-c2ccc(CS)cn2)nc1. The molecule has 0 atom stereocenters. The molecule has 0 amide bonds. The topological polar surface area (TPSA) is 25.8 Å². The Kier molecular flexibility index (Phi) is 8.94. The smallest absolute Gasteiger partial charge is 0.0886 e. The zero-order valence-corrected chi connectivity index (χ0v) is 14.7. The van der Waals surface area contributed by atoms with E-state index in [2.05, 4.69) is 35.2 Å². The highest BCUT2D eigenvalue weighted by Gasteiger charge is 2.00. The zero-order valence-electron chi connectivity index (χ0n) is 9.48. The van der Waals surface area contributed by atoms with Crippen molar-refractivity contribution in [2.24, 2.45) is 0 Å². The molecule has 0 saturated carbocycles. The fourth-order valence-electron chi connectivity index (χ4n) is 1.34. The molecule has 0 spiro atoms. The van der Waals surface area contributed by atoms with Gasteiger partial charge < -0.3 is 0 Å². The third kappa shape index (κ3) is 4.57. The van der Waals surface area contributed by atoms with Crippen molar-refractivity contribution < 1.29 is 0 Å². The van der Waals surface area contributed by atoms with E-state index < -0.39 is 0 Å². The van der Waals surface area contributed by atoms with Gasteiger partial charge in [0.15, 0.2) is 0 Å². The maximum atomic E-state index is 4.34. The Morgan fingerprint density at radius 3 is 1.33 bits per heavy atom. The Hall–Kier alpha value is -0.0400. The van der Waals surface area contributed by atoms with Crippen molar-refractivity contribution in [2.45, 2.75) is 11.5 Å². The predicted molar refractivity (Wildman–Crippen MR) is 93.5 cm³/mol. The minimum atomic E-state index is 0. The fourth-order valence-corrected chi connectivity index (χ4v) is 1.71. The highest BCUT2D eigenvalue weighted by Crippen LogP contribution is 2.15. The second-order valence-corrected chi connectivity index (χ2v) is 4.05. The van der Waals surface area contributed by atoms with Gasteiger partial charge in [-0.25, -0.2) is 0 Å². The molecular weight excluding hydrogens is 396 g/mol. The molecule has 0 fully saturated rings. The van der Waals surface area contributed by atoms with Crippen LogP contribution >= 0.6 is 59.2 Å². The molecule has 2 rings (SSSR count). The third-order valence-corrected chi connectivity index (χ3v) is 3.01. The lowest BCUT2D eigenvalue weighted by atomic mass is 10.2. The van der Waals surface area contributed by atoms with E-state index in [1.54, 1.807) is 0 Å². The van der Waals surface area contributed by atoms with E-state index in [0.717, 1.165) is 22.5 Å². The molecule has 2 nitrogen and oxygen atoms in total. The van der Waals surface area contributed by atoms with Crippen LogP contribution < -0.4 is 0 Å². The molecule has 0 saturated heterocycles. The predicted octanol–water partition coefficient (Wildman–Crippen LogP) is 4.16. The third-order valence-electron chi connectivity index (χ3n) is 2.28. The number of rotatable bonds is 3. The standard InChI is InChI=1S/C12H12N2S2.2BrH/c15-7-9-1-3-11(13-5-9)12-4-2-10(8-16)6-14-12;;/h1-6,15-16H,7-8H2;2*1H.